The zero-order chi connectivity index (χ0) is 18.0. The fraction of sp³-hybridized carbons (Fsp3) is 0.400. The van der Waals surface area contributed by atoms with Crippen LogP contribution in [0.1, 0.15) is 31.1 Å². The Balaban J connectivity index is 1.89. The van der Waals surface area contributed by atoms with Crippen molar-refractivity contribution >= 4 is 0 Å². The lowest BCUT2D eigenvalue weighted by Gasteiger charge is -2.19. The predicted molar refractivity (Wildman–Crippen MR) is 94.8 cm³/mol. The SMILES string of the molecule is COc1ccc(C(O)c2ccc3c(c2)OCC(C)(C)CO3)cc1OC. The minimum atomic E-state index is -0.801. The van der Waals surface area contributed by atoms with Gasteiger partial charge in [-0.25, -0.2) is 0 Å². The van der Waals surface area contributed by atoms with Crippen LogP contribution in [-0.2, 0) is 0 Å². The average molecular weight is 344 g/mol. The molecule has 1 aliphatic heterocycles. The Bertz CT molecular complexity index is 754. The number of fused-ring (bicyclic) bond motifs is 1. The summed E-state index contributed by atoms with van der Waals surface area (Å²) in [5.41, 5.74) is 1.39. The molecule has 0 radical (unpaired) electrons. The Morgan fingerprint density at radius 3 is 2.16 bits per heavy atom. The second-order valence-corrected chi connectivity index (χ2v) is 6.96. The van der Waals surface area contributed by atoms with E-state index in [0.29, 0.717) is 41.8 Å². The predicted octanol–water partition coefficient (Wildman–Crippen LogP) is 3.58. The van der Waals surface area contributed by atoms with Gasteiger partial charge in [-0.15, -0.1) is 0 Å². The number of ether oxygens (including phenoxy) is 4. The van der Waals surface area contributed by atoms with Crippen molar-refractivity contribution in [2.24, 2.45) is 5.41 Å². The van der Waals surface area contributed by atoms with E-state index in [1.807, 2.05) is 24.3 Å². The lowest BCUT2D eigenvalue weighted by molar-refractivity contribution is 0.140. The van der Waals surface area contributed by atoms with E-state index in [1.54, 1.807) is 26.4 Å². The third-order valence-corrected chi connectivity index (χ3v) is 4.24. The molecule has 134 valence electrons. The van der Waals surface area contributed by atoms with E-state index in [1.165, 1.54) is 0 Å². The molecule has 0 saturated heterocycles. The smallest absolute Gasteiger partial charge is 0.161 e. The van der Waals surface area contributed by atoms with Crippen LogP contribution in [0.4, 0.5) is 0 Å². The fourth-order valence-electron chi connectivity index (χ4n) is 2.73. The third kappa shape index (κ3) is 3.66. The first-order valence-corrected chi connectivity index (χ1v) is 8.23. The summed E-state index contributed by atoms with van der Waals surface area (Å²) >= 11 is 0. The van der Waals surface area contributed by atoms with E-state index in [2.05, 4.69) is 13.8 Å². The van der Waals surface area contributed by atoms with Gasteiger partial charge in [-0.05, 0) is 35.4 Å². The number of aliphatic hydroxyl groups is 1. The van der Waals surface area contributed by atoms with Crippen molar-refractivity contribution in [1.29, 1.82) is 0 Å². The minimum absolute atomic E-state index is 0.0544. The van der Waals surface area contributed by atoms with Gasteiger partial charge in [-0.1, -0.05) is 26.0 Å². The minimum Gasteiger partial charge on any atom is -0.493 e. The first-order valence-electron chi connectivity index (χ1n) is 8.23. The number of rotatable bonds is 4. The van der Waals surface area contributed by atoms with E-state index in [0.717, 1.165) is 5.56 Å². The number of aliphatic hydroxyl groups excluding tert-OH is 1. The maximum atomic E-state index is 10.8. The highest BCUT2D eigenvalue weighted by atomic mass is 16.5. The van der Waals surface area contributed by atoms with Gasteiger partial charge in [0.25, 0.3) is 0 Å². The number of benzene rings is 2. The van der Waals surface area contributed by atoms with E-state index in [-0.39, 0.29) is 5.41 Å². The van der Waals surface area contributed by atoms with Crippen molar-refractivity contribution in [1.82, 2.24) is 0 Å². The summed E-state index contributed by atoms with van der Waals surface area (Å²) in [6, 6.07) is 10.9. The maximum Gasteiger partial charge on any atom is 0.161 e. The van der Waals surface area contributed by atoms with E-state index in [4.69, 9.17) is 18.9 Å². The highest BCUT2D eigenvalue weighted by Gasteiger charge is 2.26. The van der Waals surface area contributed by atoms with Crippen LogP contribution in [0.25, 0.3) is 0 Å². The topological polar surface area (TPSA) is 57.2 Å². The molecule has 5 heteroatoms. The Morgan fingerprint density at radius 2 is 1.48 bits per heavy atom. The zero-order valence-corrected chi connectivity index (χ0v) is 15.0. The molecule has 1 atom stereocenters. The molecule has 0 amide bonds. The van der Waals surface area contributed by atoms with Gasteiger partial charge in [-0.2, -0.15) is 0 Å². The van der Waals surface area contributed by atoms with E-state index in [9.17, 15) is 5.11 Å². The normalized spacial score (nSPS) is 16.7. The number of methoxy groups -OCH3 is 2. The molecule has 0 aromatic heterocycles. The zero-order valence-electron chi connectivity index (χ0n) is 15.0. The largest absolute Gasteiger partial charge is 0.493 e. The molecule has 0 saturated carbocycles. The molecular formula is C20H24O5. The van der Waals surface area contributed by atoms with Crippen LogP contribution in [0.5, 0.6) is 23.0 Å². The Labute approximate surface area is 148 Å². The molecule has 25 heavy (non-hydrogen) atoms. The Kier molecular flexibility index (Phi) is 4.77. The van der Waals surface area contributed by atoms with Gasteiger partial charge < -0.3 is 24.1 Å². The van der Waals surface area contributed by atoms with Crippen LogP contribution in [0.2, 0.25) is 0 Å². The van der Waals surface area contributed by atoms with Gasteiger partial charge >= 0.3 is 0 Å². The summed E-state index contributed by atoms with van der Waals surface area (Å²) in [7, 11) is 3.16. The van der Waals surface area contributed by atoms with Gasteiger partial charge in [0.15, 0.2) is 23.0 Å². The van der Waals surface area contributed by atoms with Crippen molar-refractivity contribution in [2.45, 2.75) is 20.0 Å². The summed E-state index contributed by atoms with van der Waals surface area (Å²) in [6.07, 6.45) is -0.801. The van der Waals surface area contributed by atoms with Gasteiger partial charge in [-0.3, -0.25) is 0 Å². The van der Waals surface area contributed by atoms with Crippen molar-refractivity contribution in [3.05, 3.63) is 47.5 Å². The van der Waals surface area contributed by atoms with Crippen LogP contribution < -0.4 is 18.9 Å². The first kappa shape index (κ1) is 17.4. The Hall–Kier alpha value is -2.40. The molecule has 0 fully saturated rings. The fourth-order valence-corrected chi connectivity index (χ4v) is 2.73. The first-order chi connectivity index (χ1) is 11.9. The Morgan fingerprint density at radius 1 is 0.880 bits per heavy atom. The standard InChI is InChI=1S/C20H24O5/c1-20(2)11-24-16-8-6-14(10-18(16)25-12-20)19(21)13-5-7-15(22-3)17(9-13)23-4/h5-10,19,21H,11-12H2,1-4H3. The summed E-state index contributed by atoms with van der Waals surface area (Å²) in [5, 5.41) is 10.8. The summed E-state index contributed by atoms with van der Waals surface area (Å²) in [4.78, 5) is 0. The van der Waals surface area contributed by atoms with Gasteiger partial charge in [0, 0.05) is 5.41 Å². The monoisotopic (exact) mass is 344 g/mol. The average Bonchev–Trinajstić information content (AvgIpc) is 2.78. The molecule has 1 N–H and O–H groups in total. The van der Waals surface area contributed by atoms with Crippen LogP contribution in [0.3, 0.4) is 0 Å². The highest BCUT2D eigenvalue weighted by Crippen LogP contribution is 2.38. The van der Waals surface area contributed by atoms with Crippen molar-refractivity contribution in [2.75, 3.05) is 27.4 Å². The summed E-state index contributed by atoms with van der Waals surface area (Å²) in [6.45, 7) is 5.35. The molecule has 1 aliphatic rings. The lowest BCUT2D eigenvalue weighted by atomic mass is 9.97. The van der Waals surface area contributed by atoms with Crippen molar-refractivity contribution in [3.63, 3.8) is 0 Å². The summed E-state index contributed by atoms with van der Waals surface area (Å²) < 4.78 is 22.3. The molecule has 2 aromatic carbocycles. The molecule has 5 nitrogen and oxygen atoms in total. The molecule has 1 heterocycles. The van der Waals surface area contributed by atoms with Crippen LogP contribution in [-0.4, -0.2) is 32.5 Å². The maximum absolute atomic E-state index is 10.8. The van der Waals surface area contributed by atoms with Crippen molar-refractivity contribution < 1.29 is 24.1 Å². The van der Waals surface area contributed by atoms with Gasteiger partial charge in [0.1, 0.15) is 6.10 Å². The molecule has 0 bridgehead atoms. The molecule has 0 aliphatic carbocycles. The van der Waals surface area contributed by atoms with Crippen LogP contribution in [0, 0.1) is 5.41 Å². The lowest BCUT2D eigenvalue weighted by Crippen LogP contribution is -2.26. The second-order valence-electron chi connectivity index (χ2n) is 6.96. The molecule has 2 aromatic rings. The molecule has 3 rings (SSSR count). The van der Waals surface area contributed by atoms with Crippen LogP contribution >= 0.6 is 0 Å². The molecule has 0 spiro atoms. The molecular weight excluding hydrogens is 320 g/mol. The quantitative estimate of drug-likeness (QED) is 0.919. The molecule has 1 unspecified atom stereocenters. The van der Waals surface area contributed by atoms with Crippen molar-refractivity contribution in [3.8, 4) is 23.0 Å². The summed E-state index contributed by atoms with van der Waals surface area (Å²) in [5.74, 6) is 2.56. The number of hydrogen-bond donors (Lipinski definition) is 1. The van der Waals surface area contributed by atoms with E-state index >= 15 is 0 Å². The number of hydrogen-bond acceptors (Lipinski definition) is 5. The van der Waals surface area contributed by atoms with Gasteiger partial charge in [0.05, 0.1) is 27.4 Å². The van der Waals surface area contributed by atoms with E-state index < -0.39 is 6.10 Å². The van der Waals surface area contributed by atoms with Gasteiger partial charge in [0.2, 0.25) is 0 Å². The van der Waals surface area contributed by atoms with Crippen LogP contribution in [0.15, 0.2) is 36.4 Å². The highest BCUT2D eigenvalue weighted by molar-refractivity contribution is 5.48. The third-order valence-electron chi connectivity index (χ3n) is 4.24. The second kappa shape index (κ2) is 6.84.